The minimum Gasteiger partial charge on any atom is -0.340 e. The van der Waals surface area contributed by atoms with E-state index < -0.39 is 0 Å². The lowest BCUT2D eigenvalue weighted by molar-refractivity contribution is 0.665. The minimum atomic E-state index is 1.06. The summed E-state index contributed by atoms with van der Waals surface area (Å²) in [5.74, 6) is 0. The smallest absolute Gasteiger partial charge is 0.0491 e. The molecule has 0 amide bonds. The quantitative estimate of drug-likeness (QED) is 0.181. The molecule has 0 aliphatic rings. The van der Waals surface area contributed by atoms with Crippen molar-refractivity contribution in [3.05, 3.63) is 146 Å². The van der Waals surface area contributed by atoms with E-state index in [4.69, 9.17) is 0 Å². The standard InChI is InChI=1S/C42H33N/c1-2-3-27-43-39-20-12-11-15-33(39)38-28-32(25-26-40(38)43)29-21-23-31(24-22-29)42-36-18-9-7-16-34(36)41(30-13-5-4-6-14-30)35-17-8-10-19-37(35)42/h4-26,28H,2-3,27H2,1H3. The highest BCUT2D eigenvalue weighted by molar-refractivity contribution is 6.21. The van der Waals surface area contributed by atoms with Gasteiger partial charge in [0.05, 0.1) is 0 Å². The second kappa shape index (κ2) is 10.6. The maximum atomic E-state index is 2.50. The molecule has 1 nitrogen and oxygen atoms in total. The van der Waals surface area contributed by atoms with Gasteiger partial charge in [0.2, 0.25) is 0 Å². The SMILES string of the molecule is CCCCn1c2ccccc2c2cc(-c3ccc(-c4c5ccccc5c(-c5ccccc5)c5ccccc45)cc3)ccc21. The summed E-state index contributed by atoms with van der Waals surface area (Å²) < 4.78 is 2.50. The van der Waals surface area contributed by atoms with Crippen LogP contribution in [0.15, 0.2) is 146 Å². The lowest BCUT2D eigenvalue weighted by atomic mass is 9.86. The molecular formula is C42H33N. The topological polar surface area (TPSA) is 4.93 Å². The second-order valence-corrected chi connectivity index (χ2v) is 11.5. The van der Waals surface area contributed by atoms with Crippen molar-refractivity contribution in [2.45, 2.75) is 26.3 Å². The van der Waals surface area contributed by atoms with Crippen LogP contribution in [-0.4, -0.2) is 4.57 Å². The number of aromatic nitrogens is 1. The van der Waals surface area contributed by atoms with Crippen molar-refractivity contribution in [3.8, 4) is 33.4 Å². The maximum absolute atomic E-state index is 2.50. The average molecular weight is 552 g/mol. The van der Waals surface area contributed by atoms with Crippen molar-refractivity contribution < 1.29 is 0 Å². The summed E-state index contributed by atoms with van der Waals surface area (Å²) in [7, 11) is 0. The molecule has 0 radical (unpaired) electrons. The van der Waals surface area contributed by atoms with Crippen molar-refractivity contribution in [2.75, 3.05) is 0 Å². The molecule has 0 atom stereocenters. The maximum Gasteiger partial charge on any atom is 0.0491 e. The number of fused-ring (bicyclic) bond motifs is 5. The molecule has 0 N–H and O–H groups in total. The van der Waals surface area contributed by atoms with Crippen molar-refractivity contribution in [1.29, 1.82) is 0 Å². The van der Waals surface area contributed by atoms with Gasteiger partial charge in [-0.1, -0.05) is 141 Å². The molecule has 0 bridgehead atoms. The highest BCUT2D eigenvalue weighted by Gasteiger charge is 2.17. The molecule has 43 heavy (non-hydrogen) atoms. The first-order chi connectivity index (χ1) is 21.3. The van der Waals surface area contributed by atoms with Gasteiger partial charge in [-0.25, -0.2) is 0 Å². The van der Waals surface area contributed by atoms with Gasteiger partial charge in [-0.15, -0.1) is 0 Å². The van der Waals surface area contributed by atoms with Gasteiger partial charge >= 0.3 is 0 Å². The van der Waals surface area contributed by atoms with Gasteiger partial charge in [0, 0.05) is 28.4 Å². The van der Waals surface area contributed by atoms with Crippen molar-refractivity contribution in [1.82, 2.24) is 4.57 Å². The number of nitrogens with zero attached hydrogens (tertiary/aromatic N) is 1. The first-order valence-electron chi connectivity index (χ1n) is 15.4. The normalized spacial score (nSPS) is 11.7. The molecule has 206 valence electrons. The van der Waals surface area contributed by atoms with Gasteiger partial charge in [0.1, 0.15) is 0 Å². The van der Waals surface area contributed by atoms with Gasteiger partial charge in [0.25, 0.3) is 0 Å². The lowest BCUT2D eigenvalue weighted by Crippen LogP contribution is -1.96. The zero-order chi connectivity index (χ0) is 28.8. The number of benzene rings is 7. The largest absolute Gasteiger partial charge is 0.340 e. The average Bonchev–Trinajstić information content (AvgIpc) is 3.39. The molecule has 0 unspecified atom stereocenters. The molecule has 0 aliphatic carbocycles. The van der Waals surface area contributed by atoms with Gasteiger partial charge in [0.15, 0.2) is 0 Å². The Kier molecular flexibility index (Phi) is 6.30. The van der Waals surface area contributed by atoms with Crippen LogP contribution in [0, 0.1) is 0 Å². The van der Waals surface area contributed by atoms with Crippen LogP contribution in [0.4, 0.5) is 0 Å². The van der Waals surface area contributed by atoms with Crippen LogP contribution >= 0.6 is 0 Å². The lowest BCUT2D eigenvalue weighted by Gasteiger charge is -2.18. The third kappa shape index (κ3) is 4.23. The third-order valence-electron chi connectivity index (χ3n) is 9.01. The molecular weight excluding hydrogens is 518 g/mol. The van der Waals surface area contributed by atoms with Crippen LogP contribution in [0.3, 0.4) is 0 Å². The molecule has 0 spiro atoms. The van der Waals surface area contributed by atoms with Crippen molar-refractivity contribution in [2.24, 2.45) is 0 Å². The van der Waals surface area contributed by atoms with Crippen LogP contribution in [0.5, 0.6) is 0 Å². The number of aryl methyl sites for hydroxylation is 1. The Morgan fingerprint density at radius 3 is 1.47 bits per heavy atom. The molecule has 0 aliphatic heterocycles. The fourth-order valence-electron chi connectivity index (χ4n) is 6.97. The van der Waals surface area contributed by atoms with Crippen LogP contribution in [-0.2, 0) is 6.54 Å². The molecule has 0 saturated carbocycles. The number of para-hydroxylation sites is 1. The van der Waals surface area contributed by atoms with Crippen LogP contribution in [0.2, 0.25) is 0 Å². The van der Waals surface area contributed by atoms with Crippen LogP contribution in [0.1, 0.15) is 19.8 Å². The first kappa shape index (κ1) is 25.6. The Hall–Kier alpha value is -5.14. The summed E-state index contributed by atoms with van der Waals surface area (Å²) in [5.41, 5.74) is 10.3. The minimum absolute atomic E-state index is 1.06. The number of rotatable bonds is 6. The van der Waals surface area contributed by atoms with E-state index in [9.17, 15) is 0 Å². The van der Waals surface area contributed by atoms with Crippen molar-refractivity contribution >= 4 is 43.4 Å². The number of hydrogen-bond acceptors (Lipinski definition) is 0. The molecule has 8 aromatic rings. The zero-order valence-electron chi connectivity index (χ0n) is 24.4. The van der Waals surface area contributed by atoms with E-state index in [1.54, 1.807) is 0 Å². The molecule has 8 rings (SSSR count). The molecule has 1 aromatic heterocycles. The highest BCUT2D eigenvalue weighted by Crippen LogP contribution is 2.44. The predicted molar refractivity (Wildman–Crippen MR) is 186 cm³/mol. The van der Waals surface area contributed by atoms with E-state index in [-0.39, 0.29) is 0 Å². The Morgan fingerprint density at radius 1 is 0.395 bits per heavy atom. The summed E-state index contributed by atoms with van der Waals surface area (Å²) in [4.78, 5) is 0. The fraction of sp³-hybridized carbons (Fsp3) is 0.0952. The number of hydrogen-bond donors (Lipinski definition) is 0. The molecule has 1 heterocycles. The Morgan fingerprint density at radius 2 is 0.860 bits per heavy atom. The van der Waals surface area contributed by atoms with E-state index >= 15 is 0 Å². The van der Waals surface area contributed by atoms with E-state index in [2.05, 4.69) is 157 Å². The fourth-order valence-corrected chi connectivity index (χ4v) is 6.97. The zero-order valence-corrected chi connectivity index (χ0v) is 24.4. The number of unbranched alkanes of at least 4 members (excludes halogenated alkanes) is 1. The van der Waals surface area contributed by atoms with Crippen molar-refractivity contribution in [3.63, 3.8) is 0 Å². The van der Waals surface area contributed by atoms with Gasteiger partial charge in [-0.3, -0.25) is 0 Å². The predicted octanol–water partition coefficient (Wildman–Crippen LogP) is 11.9. The second-order valence-electron chi connectivity index (χ2n) is 11.5. The van der Waals surface area contributed by atoms with Gasteiger partial charge < -0.3 is 4.57 Å². The highest BCUT2D eigenvalue weighted by atomic mass is 15.0. The summed E-state index contributed by atoms with van der Waals surface area (Å²) in [5, 5.41) is 7.82. The summed E-state index contributed by atoms with van der Waals surface area (Å²) >= 11 is 0. The molecule has 0 fully saturated rings. The van der Waals surface area contributed by atoms with Gasteiger partial charge in [-0.05, 0) is 79.5 Å². The van der Waals surface area contributed by atoms with E-state index in [0.717, 1.165) is 6.54 Å². The summed E-state index contributed by atoms with van der Waals surface area (Å²) in [6, 6.07) is 53.6. The summed E-state index contributed by atoms with van der Waals surface area (Å²) in [6.07, 6.45) is 2.38. The van der Waals surface area contributed by atoms with Crippen LogP contribution < -0.4 is 0 Å². The molecule has 1 heteroatoms. The first-order valence-corrected chi connectivity index (χ1v) is 15.4. The van der Waals surface area contributed by atoms with Gasteiger partial charge in [-0.2, -0.15) is 0 Å². The van der Waals surface area contributed by atoms with E-state index in [0.29, 0.717) is 0 Å². The Balaban J connectivity index is 1.27. The van der Waals surface area contributed by atoms with E-state index in [1.807, 2.05) is 0 Å². The third-order valence-corrected chi connectivity index (χ3v) is 9.01. The van der Waals surface area contributed by atoms with E-state index in [1.165, 1.54) is 89.6 Å². The Labute approximate surface area is 252 Å². The monoisotopic (exact) mass is 551 g/mol. The van der Waals surface area contributed by atoms with Crippen LogP contribution in [0.25, 0.3) is 76.7 Å². The Bertz CT molecular complexity index is 2200. The molecule has 7 aromatic carbocycles. The summed E-state index contributed by atoms with van der Waals surface area (Å²) in [6.45, 7) is 3.32. The molecule has 0 saturated heterocycles.